The molecule has 0 saturated carbocycles. The maximum absolute atomic E-state index is 12.8. The molecule has 2 heterocycles. The number of carbonyl (C=O) groups excluding carboxylic acids is 1. The number of hydrogen-bond acceptors (Lipinski definition) is 5. The van der Waals surface area contributed by atoms with Crippen LogP contribution < -0.4 is 4.31 Å². The molecule has 7 nitrogen and oxygen atoms in total. The van der Waals surface area contributed by atoms with Crippen molar-refractivity contribution in [1.29, 1.82) is 0 Å². The molecule has 1 aliphatic heterocycles. The number of hydrogen-bond donors (Lipinski definition) is 0. The Morgan fingerprint density at radius 1 is 1.11 bits per heavy atom. The Kier molecular flexibility index (Phi) is 5.76. The van der Waals surface area contributed by atoms with Crippen molar-refractivity contribution < 1.29 is 13.2 Å². The fourth-order valence-electron chi connectivity index (χ4n) is 3.06. The number of anilines is 1. The molecule has 0 unspecified atom stereocenters. The van der Waals surface area contributed by atoms with Gasteiger partial charge in [0.25, 0.3) is 15.9 Å². The van der Waals surface area contributed by atoms with Crippen molar-refractivity contribution in [2.24, 2.45) is 0 Å². The molecule has 1 fully saturated rings. The highest BCUT2D eigenvalue weighted by molar-refractivity contribution is 7.92. The van der Waals surface area contributed by atoms with Gasteiger partial charge in [0.15, 0.2) is 0 Å². The van der Waals surface area contributed by atoms with Gasteiger partial charge in [0, 0.05) is 39.4 Å². The van der Waals surface area contributed by atoms with Crippen LogP contribution in [0.1, 0.15) is 17.3 Å². The number of benzene rings is 1. The fraction of sp³-hybridized carbons (Fsp3) is 0.368. The molecule has 1 saturated heterocycles. The number of piperazine rings is 1. The van der Waals surface area contributed by atoms with E-state index in [2.05, 4.69) is 16.8 Å². The summed E-state index contributed by atoms with van der Waals surface area (Å²) in [5.41, 5.74) is 0.754. The second-order valence-corrected chi connectivity index (χ2v) is 8.41. The zero-order valence-electron chi connectivity index (χ0n) is 15.6. The van der Waals surface area contributed by atoms with Gasteiger partial charge in [0.05, 0.1) is 22.3 Å². The van der Waals surface area contributed by atoms with Crippen molar-refractivity contribution in [3.63, 3.8) is 0 Å². The Morgan fingerprint density at radius 3 is 2.41 bits per heavy atom. The summed E-state index contributed by atoms with van der Waals surface area (Å²) in [6, 6.07) is 9.78. The number of nitrogens with zero attached hydrogens (tertiary/aromatic N) is 4. The second kappa shape index (κ2) is 8.06. The van der Waals surface area contributed by atoms with Gasteiger partial charge in [-0.15, -0.1) is 0 Å². The zero-order chi connectivity index (χ0) is 19.4. The molecule has 0 N–H and O–H groups in total. The monoisotopic (exact) mass is 388 g/mol. The van der Waals surface area contributed by atoms with Crippen molar-refractivity contribution in [1.82, 2.24) is 14.8 Å². The Labute approximate surface area is 160 Å². The lowest BCUT2D eigenvalue weighted by Crippen LogP contribution is -2.48. The average Bonchev–Trinajstić information content (AvgIpc) is 2.73. The predicted octanol–water partition coefficient (Wildman–Crippen LogP) is 1.68. The molecular weight excluding hydrogens is 364 g/mol. The maximum Gasteiger partial charge on any atom is 0.264 e. The lowest BCUT2D eigenvalue weighted by Gasteiger charge is -2.34. The summed E-state index contributed by atoms with van der Waals surface area (Å²) in [4.78, 5) is 21.2. The normalized spacial score (nSPS) is 15.6. The van der Waals surface area contributed by atoms with Crippen LogP contribution in [-0.4, -0.2) is 68.9 Å². The second-order valence-electron chi connectivity index (χ2n) is 6.44. The summed E-state index contributed by atoms with van der Waals surface area (Å²) in [6.45, 7) is 6.09. The molecule has 0 bridgehead atoms. The highest BCUT2D eigenvalue weighted by atomic mass is 32.2. The number of rotatable bonds is 5. The number of sulfonamides is 1. The minimum atomic E-state index is -3.71. The predicted molar refractivity (Wildman–Crippen MR) is 104 cm³/mol. The zero-order valence-corrected chi connectivity index (χ0v) is 16.4. The van der Waals surface area contributed by atoms with Gasteiger partial charge in [-0.25, -0.2) is 8.42 Å². The highest BCUT2D eigenvalue weighted by Gasteiger charge is 2.24. The fourth-order valence-corrected chi connectivity index (χ4v) is 4.25. The van der Waals surface area contributed by atoms with Gasteiger partial charge in [0.2, 0.25) is 0 Å². The van der Waals surface area contributed by atoms with Gasteiger partial charge in [0.1, 0.15) is 0 Å². The molecule has 0 spiro atoms. The largest absolute Gasteiger partial charge is 0.336 e. The first-order valence-electron chi connectivity index (χ1n) is 8.94. The molecule has 2 aromatic rings. The summed E-state index contributed by atoms with van der Waals surface area (Å²) < 4.78 is 26.7. The van der Waals surface area contributed by atoms with Gasteiger partial charge in [-0.05, 0) is 24.7 Å². The first-order chi connectivity index (χ1) is 12.9. The Hall–Kier alpha value is -2.45. The standard InChI is InChI=1S/C19H24N4O3S/c1-3-22-9-11-23(12-10-22)19(24)16-13-17(15-20-14-16)21(2)27(25,26)18-7-5-4-6-8-18/h4-8,13-15H,3,9-12H2,1-2H3. The van der Waals surface area contributed by atoms with Crippen LogP contribution in [0.2, 0.25) is 0 Å². The smallest absolute Gasteiger partial charge is 0.264 e. The molecule has 144 valence electrons. The van der Waals surface area contributed by atoms with Crippen molar-refractivity contribution in [3.8, 4) is 0 Å². The first kappa shape index (κ1) is 19.3. The van der Waals surface area contributed by atoms with Crippen LogP contribution in [0.15, 0.2) is 53.7 Å². The van der Waals surface area contributed by atoms with Crippen LogP contribution in [0.25, 0.3) is 0 Å². The summed E-state index contributed by atoms with van der Waals surface area (Å²) in [6.07, 6.45) is 2.94. The third-order valence-electron chi connectivity index (χ3n) is 4.84. The van der Waals surface area contributed by atoms with Crippen LogP contribution in [0.4, 0.5) is 5.69 Å². The Bertz CT molecular complexity index is 894. The van der Waals surface area contributed by atoms with Gasteiger partial charge in [-0.3, -0.25) is 14.1 Å². The molecule has 1 amide bonds. The first-order valence-corrected chi connectivity index (χ1v) is 10.4. The van der Waals surface area contributed by atoms with E-state index in [4.69, 9.17) is 0 Å². The van der Waals surface area contributed by atoms with E-state index in [0.29, 0.717) is 24.3 Å². The van der Waals surface area contributed by atoms with Gasteiger partial charge in [-0.2, -0.15) is 0 Å². The molecule has 0 radical (unpaired) electrons. The number of aromatic nitrogens is 1. The van der Waals surface area contributed by atoms with Crippen molar-refractivity contribution in [2.75, 3.05) is 44.1 Å². The van der Waals surface area contributed by atoms with Crippen LogP contribution in [0.5, 0.6) is 0 Å². The molecule has 1 aromatic heterocycles. The van der Waals surface area contributed by atoms with E-state index in [-0.39, 0.29) is 10.8 Å². The van der Waals surface area contributed by atoms with Crippen LogP contribution in [-0.2, 0) is 10.0 Å². The number of carbonyl (C=O) groups is 1. The van der Waals surface area contributed by atoms with Gasteiger partial charge >= 0.3 is 0 Å². The summed E-state index contributed by atoms with van der Waals surface area (Å²) in [5.74, 6) is -0.120. The summed E-state index contributed by atoms with van der Waals surface area (Å²) in [5, 5.41) is 0. The number of amides is 1. The van der Waals surface area contributed by atoms with Crippen molar-refractivity contribution >= 4 is 21.6 Å². The Balaban J connectivity index is 1.80. The van der Waals surface area contributed by atoms with E-state index in [1.54, 1.807) is 41.3 Å². The van der Waals surface area contributed by atoms with Crippen LogP contribution in [0, 0.1) is 0 Å². The minimum absolute atomic E-state index is 0.120. The van der Waals surface area contributed by atoms with E-state index < -0.39 is 10.0 Å². The minimum Gasteiger partial charge on any atom is -0.336 e. The van der Waals surface area contributed by atoms with Crippen LogP contribution in [0.3, 0.4) is 0 Å². The lowest BCUT2D eigenvalue weighted by atomic mass is 10.2. The third kappa shape index (κ3) is 4.12. The van der Waals surface area contributed by atoms with Gasteiger partial charge in [-0.1, -0.05) is 25.1 Å². The molecule has 27 heavy (non-hydrogen) atoms. The highest BCUT2D eigenvalue weighted by Crippen LogP contribution is 2.22. The van der Waals surface area contributed by atoms with E-state index in [0.717, 1.165) is 23.9 Å². The van der Waals surface area contributed by atoms with Gasteiger partial charge < -0.3 is 9.80 Å². The van der Waals surface area contributed by atoms with Crippen molar-refractivity contribution in [2.45, 2.75) is 11.8 Å². The average molecular weight is 388 g/mol. The number of pyridine rings is 1. The maximum atomic E-state index is 12.8. The molecule has 1 aromatic carbocycles. The van der Waals surface area contributed by atoms with E-state index >= 15 is 0 Å². The SMILES string of the molecule is CCN1CCN(C(=O)c2cncc(N(C)S(=O)(=O)c3ccccc3)c2)CC1. The van der Waals surface area contributed by atoms with E-state index in [1.165, 1.54) is 19.4 Å². The summed E-state index contributed by atoms with van der Waals surface area (Å²) >= 11 is 0. The topological polar surface area (TPSA) is 73.8 Å². The molecule has 1 aliphatic rings. The van der Waals surface area contributed by atoms with Crippen LogP contribution >= 0.6 is 0 Å². The van der Waals surface area contributed by atoms with Crippen molar-refractivity contribution in [3.05, 3.63) is 54.4 Å². The Morgan fingerprint density at radius 2 is 1.78 bits per heavy atom. The molecule has 0 aliphatic carbocycles. The lowest BCUT2D eigenvalue weighted by molar-refractivity contribution is 0.0643. The van der Waals surface area contributed by atoms with E-state index in [9.17, 15) is 13.2 Å². The summed E-state index contributed by atoms with van der Waals surface area (Å²) in [7, 11) is -2.24. The molecule has 3 rings (SSSR count). The molecular formula is C19H24N4O3S. The van der Waals surface area contributed by atoms with E-state index in [1.807, 2.05) is 0 Å². The number of likely N-dealkylation sites (N-methyl/N-ethyl adjacent to an activating group) is 1. The third-order valence-corrected chi connectivity index (χ3v) is 6.64. The quantitative estimate of drug-likeness (QED) is 0.779. The molecule has 0 atom stereocenters. The molecule has 8 heteroatoms.